The van der Waals surface area contributed by atoms with Crippen molar-refractivity contribution >= 4 is 5.82 Å². The van der Waals surface area contributed by atoms with Crippen LogP contribution in [0.4, 0.5) is 5.82 Å². The van der Waals surface area contributed by atoms with E-state index in [9.17, 15) is 0 Å². The summed E-state index contributed by atoms with van der Waals surface area (Å²) in [6, 6.07) is 2.23. The molecule has 1 saturated carbocycles. The van der Waals surface area contributed by atoms with Crippen molar-refractivity contribution in [2.24, 2.45) is 0 Å². The lowest BCUT2D eigenvalue weighted by Crippen LogP contribution is -2.34. The highest BCUT2D eigenvalue weighted by atomic mass is 16.4. The zero-order valence-electron chi connectivity index (χ0n) is 16.1. The van der Waals surface area contributed by atoms with E-state index in [-0.39, 0.29) is 0 Å². The van der Waals surface area contributed by atoms with Gasteiger partial charge in [-0.05, 0) is 52.0 Å². The van der Waals surface area contributed by atoms with Crippen molar-refractivity contribution in [1.82, 2.24) is 25.1 Å². The van der Waals surface area contributed by atoms with E-state index >= 15 is 0 Å². The second kappa shape index (κ2) is 7.19. The fourth-order valence-corrected chi connectivity index (χ4v) is 4.35. The van der Waals surface area contributed by atoms with E-state index in [0.29, 0.717) is 11.8 Å². The first-order valence-corrected chi connectivity index (χ1v) is 10.4. The third kappa shape index (κ3) is 3.83. The molecule has 27 heavy (non-hydrogen) atoms. The first kappa shape index (κ1) is 17.1. The molecule has 0 bridgehead atoms. The standard InChI is InChI=1S/C20H28N6O/c1-14-21-17(11-18(22-14)26-9-2-3-10-26)16-5-4-8-25(12-16)13-19-23-24-20(27-19)15-6-7-15/h11,15-16H,2-10,12-13H2,1H3/t16-/m0/s1. The molecular weight excluding hydrogens is 340 g/mol. The Morgan fingerprint density at radius 1 is 1.00 bits per heavy atom. The first-order chi connectivity index (χ1) is 13.2. The molecule has 2 aromatic rings. The molecule has 0 aromatic carbocycles. The van der Waals surface area contributed by atoms with E-state index < -0.39 is 0 Å². The van der Waals surface area contributed by atoms with Crippen LogP contribution in [-0.4, -0.2) is 51.2 Å². The van der Waals surface area contributed by atoms with Gasteiger partial charge in [-0.3, -0.25) is 4.90 Å². The van der Waals surface area contributed by atoms with Gasteiger partial charge in [-0.25, -0.2) is 9.97 Å². The third-order valence-electron chi connectivity index (χ3n) is 5.97. The van der Waals surface area contributed by atoms with Gasteiger partial charge in [0.25, 0.3) is 0 Å². The fourth-order valence-electron chi connectivity index (χ4n) is 4.35. The van der Waals surface area contributed by atoms with Gasteiger partial charge in [0.2, 0.25) is 11.8 Å². The molecule has 3 fully saturated rings. The summed E-state index contributed by atoms with van der Waals surface area (Å²) in [5, 5.41) is 8.48. The molecule has 0 radical (unpaired) electrons. The average molecular weight is 368 g/mol. The average Bonchev–Trinajstić information content (AvgIpc) is 3.17. The van der Waals surface area contributed by atoms with E-state index in [1.165, 1.54) is 44.2 Å². The summed E-state index contributed by atoms with van der Waals surface area (Å²) in [4.78, 5) is 14.3. The van der Waals surface area contributed by atoms with Crippen molar-refractivity contribution < 1.29 is 4.42 Å². The lowest BCUT2D eigenvalue weighted by Gasteiger charge is -2.32. The summed E-state index contributed by atoms with van der Waals surface area (Å²) < 4.78 is 5.86. The maximum absolute atomic E-state index is 5.86. The molecule has 1 aliphatic carbocycles. The Labute approximate surface area is 160 Å². The lowest BCUT2D eigenvalue weighted by molar-refractivity contribution is 0.181. The summed E-state index contributed by atoms with van der Waals surface area (Å²) in [6.45, 7) is 7.08. The van der Waals surface area contributed by atoms with Crippen molar-refractivity contribution in [3.63, 3.8) is 0 Å². The molecule has 4 heterocycles. The number of aromatic nitrogens is 4. The zero-order chi connectivity index (χ0) is 18.2. The van der Waals surface area contributed by atoms with Crippen LogP contribution in [0.1, 0.15) is 73.7 Å². The normalized spacial score (nSPS) is 23.9. The van der Waals surface area contributed by atoms with Crippen LogP contribution in [0.3, 0.4) is 0 Å². The molecular formula is C20H28N6O. The van der Waals surface area contributed by atoms with Crippen LogP contribution in [-0.2, 0) is 6.54 Å². The highest BCUT2D eigenvalue weighted by Gasteiger charge is 2.30. The van der Waals surface area contributed by atoms with Gasteiger partial charge in [-0.15, -0.1) is 10.2 Å². The van der Waals surface area contributed by atoms with E-state index in [1.54, 1.807) is 0 Å². The van der Waals surface area contributed by atoms with Crippen molar-refractivity contribution in [2.75, 3.05) is 31.1 Å². The second-order valence-electron chi connectivity index (χ2n) is 8.27. The highest BCUT2D eigenvalue weighted by molar-refractivity contribution is 5.41. The third-order valence-corrected chi connectivity index (χ3v) is 5.97. The van der Waals surface area contributed by atoms with Crippen molar-refractivity contribution in [1.29, 1.82) is 0 Å². The minimum Gasteiger partial charge on any atom is -0.424 e. The van der Waals surface area contributed by atoms with Gasteiger partial charge in [0, 0.05) is 37.5 Å². The zero-order valence-corrected chi connectivity index (χ0v) is 16.1. The van der Waals surface area contributed by atoms with Gasteiger partial charge in [0.1, 0.15) is 11.6 Å². The molecule has 5 rings (SSSR count). The molecule has 7 heteroatoms. The highest BCUT2D eigenvalue weighted by Crippen LogP contribution is 2.39. The van der Waals surface area contributed by atoms with E-state index in [1.807, 2.05) is 6.92 Å². The maximum atomic E-state index is 5.86. The smallest absolute Gasteiger partial charge is 0.230 e. The SMILES string of the molecule is Cc1nc([C@H]2CCCN(Cc3nnc(C4CC4)o3)C2)cc(N2CCCC2)n1. The predicted octanol–water partition coefficient (Wildman–Crippen LogP) is 3.03. The molecule has 2 aromatic heterocycles. The van der Waals surface area contributed by atoms with Gasteiger partial charge in [0.15, 0.2) is 0 Å². The minimum absolute atomic E-state index is 0.452. The molecule has 2 aliphatic heterocycles. The Balaban J connectivity index is 1.28. The van der Waals surface area contributed by atoms with Crippen LogP contribution in [0.5, 0.6) is 0 Å². The van der Waals surface area contributed by atoms with Gasteiger partial charge in [-0.1, -0.05) is 0 Å². The predicted molar refractivity (Wildman–Crippen MR) is 102 cm³/mol. The van der Waals surface area contributed by atoms with Gasteiger partial charge in [0.05, 0.1) is 12.2 Å². The molecule has 1 atom stereocenters. The van der Waals surface area contributed by atoms with Gasteiger partial charge in [-0.2, -0.15) is 0 Å². The van der Waals surface area contributed by atoms with E-state index in [2.05, 4.69) is 26.1 Å². The molecule has 7 nitrogen and oxygen atoms in total. The monoisotopic (exact) mass is 368 g/mol. The van der Waals surface area contributed by atoms with Crippen LogP contribution in [0.2, 0.25) is 0 Å². The maximum Gasteiger partial charge on any atom is 0.230 e. The van der Waals surface area contributed by atoms with Crippen LogP contribution < -0.4 is 4.90 Å². The number of hydrogen-bond donors (Lipinski definition) is 0. The minimum atomic E-state index is 0.452. The summed E-state index contributed by atoms with van der Waals surface area (Å²) in [5.74, 6) is 4.56. The van der Waals surface area contributed by atoms with Gasteiger partial charge < -0.3 is 9.32 Å². The van der Waals surface area contributed by atoms with Gasteiger partial charge >= 0.3 is 0 Å². The first-order valence-electron chi connectivity index (χ1n) is 10.4. The fraction of sp³-hybridized carbons (Fsp3) is 0.700. The van der Waals surface area contributed by atoms with E-state index in [0.717, 1.165) is 56.1 Å². The number of rotatable bonds is 5. The second-order valence-corrected chi connectivity index (χ2v) is 8.27. The number of hydrogen-bond acceptors (Lipinski definition) is 7. The topological polar surface area (TPSA) is 71.2 Å². The Morgan fingerprint density at radius 2 is 1.85 bits per heavy atom. The largest absolute Gasteiger partial charge is 0.424 e. The summed E-state index contributed by atoms with van der Waals surface area (Å²) in [6.07, 6.45) is 7.28. The molecule has 3 aliphatic rings. The Bertz CT molecular complexity index is 796. The number of aryl methyl sites for hydroxylation is 1. The molecule has 0 unspecified atom stereocenters. The molecule has 0 amide bonds. The summed E-state index contributed by atoms with van der Waals surface area (Å²) >= 11 is 0. The Kier molecular flexibility index (Phi) is 4.55. The van der Waals surface area contributed by atoms with Crippen LogP contribution >= 0.6 is 0 Å². The number of anilines is 1. The van der Waals surface area contributed by atoms with Crippen LogP contribution in [0.15, 0.2) is 10.5 Å². The van der Waals surface area contributed by atoms with Crippen molar-refractivity contribution in [3.8, 4) is 0 Å². The molecule has 0 spiro atoms. The van der Waals surface area contributed by atoms with Crippen molar-refractivity contribution in [2.45, 2.75) is 63.8 Å². The summed E-state index contributed by atoms with van der Waals surface area (Å²) in [7, 11) is 0. The van der Waals surface area contributed by atoms with Crippen LogP contribution in [0, 0.1) is 6.92 Å². The lowest BCUT2D eigenvalue weighted by atomic mass is 9.94. The summed E-state index contributed by atoms with van der Waals surface area (Å²) in [5.41, 5.74) is 1.19. The Hall–Kier alpha value is -2.02. The van der Waals surface area contributed by atoms with E-state index in [4.69, 9.17) is 14.4 Å². The molecule has 2 saturated heterocycles. The van der Waals surface area contributed by atoms with Crippen molar-refractivity contribution in [3.05, 3.63) is 29.4 Å². The Morgan fingerprint density at radius 3 is 2.67 bits per heavy atom. The quantitative estimate of drug-likeness (QED) is 0.803. The van der Waals surface area contributed by atoms with Crippen LogP contribution in [0.25, 0.3) is 0 Å². The number of nitrogens with zero attached hydrogens (tertiary/aromatic N) is 6. The number of likely N-dealkylation sites (tertiary alicyclic amines) is 1. The molecule has 144 valence electrons. The number of piperidine rings is 1. The molecule has 0 N–H and O–H groups in total.